The molecule has 0 saturated heterocycles. The van der Waals surface area contributed by atoms with E-state index in [0.29, 0.717) is 27.8 Å². The zero-order chi connectivity index (χ0) is 22.3. The first-order valence-electron chi connectivity index (χ1n) is 9.40. The number of carboxylic acid groups (broad SMARTS) is 1. The largest absolute Gasteiger partial charge is 0.481 e. The molecule has 0 saturated carbocycles. The average molecular weight is 449 g/mol. The molecule has 2 aromatic carbocycles. The van der Waals surface area contributed by atoms with E-state index >= 15 is 0 Å². The molecule has 31 heavy (non-hydrogen) atoms. The standard InChI is InChI=1S/C21H18F3N3O3S/c1-11-15(2-3-17-19(11)25-26-27(17)10-21(22,23)24)16(8-18(29)30)13-6-12-4-5-31-20(12)14(7-13)9-28/h2-7,16,28H,8-10H2,1H3,(H,29,30). The number of rotatable bonds is 6. The van der Waals surface area contributed by atoms with Gasteiger partial charge in [-0.15, -0.1) is 16.4 Å². The number of halogens is 3. The first kappa shape index (κ1) is 21.3. The van der Waals surface area contributed by atoms with Gasteiger partial charge in [-0.3, -0.25) is 4.79 Å². The Morgan fingerprint density at radius 3 is 2.71 bits per heavy atom. The van der Waals surface area contributed by atoms with Crippen LogP contribution in [-0.2, 0) is 17.9 Å². The van der Waals surface area contributed by atoms with Crippen LogP contribution in [0.2, 0.25) is 0 Å². The number of aliphatic hydroxyl groups is 1. The molecule has 0 aliphatic carbocycles. The van der Waals surface area contributed by atoms with Gasteiger partial charge in [-0.1, -0.05) is 17.3 Å². The van der Waals surface area contributed by atoms with E-state index in [1.54, 1.807) is 19.1 Å². The lowest BCUT2D eigenvalue weighted by molar-refractivity contribution is -0.142. The Balaban J connectivity index is 1.85. The molecule has 2 aromatic heterocycles. The summed E-state index contributed by atoms with van der Waals surface area (Å²) in [6, 6.07) is 8.71. The molecule has 4 rings (SSSR count). The quantitative estimate of drug-likeness (QED) is 0.449. The van der Waals surface area contributed by atoms with E-state index in [9.17, 15) is 28.2 Å². The van der Waals surface area contributed by atoms with Crippen molar-refractivity contribution in [1.29, 1.82) is 0 Å². The Bertz CT molecular complexity index is 1280. The van der Waals surface area contributed by atoms with E-state index in [1.165, 1.54) is 17.4 Å². The summed E-state index contributed by atoms with van der Waals surface area (Å²) < 4.78 is 40.2. The van der Waals surface area contributed by atoms with Crippen LogP contribution in [0.1, 0.15) is 34.6 Å². The van der Waals surface area contributed by atoms with Gasteiger partial charge in [0.25, 0.3) is 0 Å². The summed E-state index contributed by atoms with van der Waals surface area (Å²) >= 11 is 1.49. The van der Waals surface area contributed by atoms with Crippen LogP contribution < -0.4 is 0 Å². The highest BCUT2D eigenvalue weighted by Crippen LogP contribution is 2.37. The molecular weight excluding hydrogens is 431 g/mol. The van der Waals surface area contributed by atoms with Crippen molar-refractivity contribution in [3.8, 4) is 0 Å². The molecule has 2 heterocycles. The molecule has 6 nitrogen and oxygen atoms in total. The second-order valence-corrected chi connectivity index (χ2v) is 8.25. The number of hydrogen-bond donors (Lipinski definition) is 2. The monoisotopic (exact) mass is 449 g/mol. The van der Waals surface area contributed by atoms with Crippen molar-refractivity contribution in [3.63, 3.8) is 0 Å². The number of fused-ring (bicyclic) bond motifs is 2. The summed E-state index contributed by atoms with van der Waals surface area (Å²) in [7, 11) is 0. The van der Waals surface area contributed by atoms with Crippen LogP contribution in [0.5, 0.6) is 0 Å². The van der Waals surface area contributed by atoms with E-state index in [4.69, 9.17) is 0 Å². The molecule has 4 aromatic rings. The highest BCUT2D eigenvalue weighted by molar-refractivity contribution is 7.17. The van der Waals surface area contributed by atoms with Gasteiger partial charge in [0.15, 0.2) is 0 Å². The zero-order valence-corrected chi connectivity index (χ0v) is 17.2. The topological polar surface area (TPSA) is 88.2 Å². The first-order chi connectivity index (χ1) is 14.7. The molecule has 2 N–H and O–H groups in total. The number of aliphatic hydroxyl groups excluding tert-OH is 1. The third-order valence-electron chi connectivity index (χ3n) is 5.29. The molecule has 1 atom stereocenters. The molecule has 10 heteroatoms. The minimum absolute atomic E-state index is 0.186. The number of thiophene rings is 1. The summed E-state index contributed by atoms with van der Waals surface area (Å²) in [6.07, 6.45) is -4.65. The van der Waals surface area contributed by atoms with Gasteiger partial charge in [0.2, 0.25) is 0 Å². The van der Waals surface area contributed by atoms with Crippen LogP contribution in [0.3, 0.4) is 0 Å². The maximum atomic E-state index is 12.8. The molecule has 0 radical (unpaired) electrons. The SMILES string of the molecule is Cc1c(C(CC(=O)O)c2cc(CO)c3sccc3c2)ccc2c1nnn2CC(F)(F)F. The number of nitrogens with zero attached hydrogens (tertiary/aromatic N) is 3. The number of aromatic nitrogens is 3. The number of benzene rings is 2. The molecule has 0 fully saturated rings. The molecular formula is C21H18F3N3O3S. The van der Waals surface area contributed by atoms with Gasteiger partial charge in [-0.25, -0.2) is 4.68 Å². The van der Waals surface area contributed by atoms with Crippen LogP contribution in [0, 0.1) is 6.92 Å². The van der Waals surface area contributed by atoms with Gasteiger partial charge >= 0.3 is 12.1 Å². The molecule has 1 unspecified atom stereocenters. The number of hydrogen-bond acceptors (Lipinski definition) is 5. The van der Waals surface area contributed by atoms with Gasteiger partial charge < -0.3 is 10.2 Å². The molecule has 0 bridgehead atoms. The lowest BCUT2D eigenvalue weighted by atomic mass is 9.84. The second kappa shape index (κ2) is 7.93. The molecule has 0 spiro atoms. The van der Waals surface area contributed by atoms with E-state index < -0.39 is 24.6 Å². The van der Waals surface area contributed by atoms with Crippen molar-refractivity contribution < 1.29 is 28.2 Å². The minimum Gasteiger partial charge on any atom is -0.481 e. The molecule has 0 aliphatic heterocycles. The maximum absolute atomic E-state index is 12.8. The third-order valence-corrected chi connectivity index (χ3v) is 6.29. The summed E-state index contributed by atoms with van der Waals surface area (Å²) in [6.45, 7) is 0.263. The Morgan fingerprint density at radius 2 is 2.03 bits per heavy atom. The number of alkyl halides is 3. The third kappa shape index (κ3) is 4.13. The van der Waals surface area contributed by atoms with E-state index in [0.717, 1.165) is 14.8 Å². The summed E-state index contributed by atoms with van der Waals surface area (Å²) in [4.78, 5) is 11.7. The van der Waals surface area contributed by atoms with E-state index in [-0.39, 0.29) is 18.5 Å². The van der Waals surface area contributed by atoms with Gasteiger partial charge in [-0.2, -0.15) is 13.2 Å². The summed E-state index contributed by atoms with van der Waals surface area (Å²) in [5, 5.41) is 29.7. The fourth-order valence-corrected chi connectivity index (χ4v) is 4.82. The average Bonchev–Trinajstić information content (AvgIpc) is 3.32. The normalized spacial score (nSPS) is 13.2. The van der Waals surface area contributed by atoms with Crippen molar-refractivity contribution in [2.45, 2.75) is 38.6 Å². The van der Waals surface area contributed by atoms with Crippen molar-refractivity contribution in [1.82, 2.24) is 15.0 Å². The van der Waals surface area contributed by atoms with Gasteiger partial charge in [0.05, 0.1) is 18.5 Å². The molecule has 162 valence electrons. The second-order valence-electron chi connectivity index (χ2n) is 7.34. The lowest BCUT2D eigenvalue weighted by Crippen LogP contribution is -2.18. The van der Waals surface area contributed by atoms with E-state index in [2.05, 4.69) is 10.3 Å². The Hall–Kier alpha value is -2.98. The van der Waals surface area contributed by atoms with Crippen LogP contribution in [0.4, 0.5) is 13.2 Å². The van der Waals surface area contributed by atoms with Crippen LogP contribution >= 0.6 is 11.3 Å². The summed E-state index contributed by atoms with van der Waals surface area (Å²) in [5.74, 6) is -1.58. The van der Waals surface area contributed by atoms with Crippen molar-refractivity contribution in [2.24, 2.45) is 0 Å². The van der Waals surface area contributed by atoms with Crippen molar-refractivity contribution in [2.75, 3.05) is 0 Å². The number of carbonyl (C=O) groups is 1. The zero-order valence-electron chi connectivity index (χ0n) is 16.3. The molecule has 0 amide bonds. The van der Waals surface area contributed by atoms with Crippen molar-refractivity contribution in [3.05, 3.63) is 58.0 Å². The van der Waals surface area contributed by atoms with Gasteiger partial charge in [-0.05, 0) is 58.1 Å². The summed E-state index contributed by atoms with van der Waals surface area (Å²) in [5.41, 5.74) is 3.17. The first-order valence-corrected chi connectivity index (χ1v) is 10.3. The Kier molecular flexibility index (Phi) is 5.44. The van der Waals surface area contributed by atoms with Gasteiger partial charge in [0, 0.05) is 10.6 Å². The number of aliphatic carboxylic acids is 1. The predicted octanol–water partition coefficient (Wildman–Crippen LogP) is 4.62. The Labute approximate surface area is 178 Å². The fourth-order valence-electron chi connectivity index (χ4n) is 3.93. The number of carboxylic acids is 1. The maximum Gasteiger partial charge on any atom is 0.408 e. The highest BCUT2D eigenvalue weighted by Gasteiger charge is 2.30. The lowest BCUT2D eigenvalue weighted by Gasteiger charge is -2.20. The smallest absolute Gasteiger partial charge is 0.408 e. The van der Waals surface area contributed by atoms with Gasteiger partial charge in [0.1, 0.15) is 12.1 Å². The molecule has 0 aliphatic rings. The highest BCUT2D eigenvalue weighted by atomic mass is 32.1. The number of aryl methyl sites for hydroxylation is 1. The van der Waals surface area contributed by atoms with E-state index in [1.807, 2.05) is 17.5 Å². The predicted molar refractivity (Wildman–Crippen MR) is 110 cm³/mol. The minimum atomic E-state index is -4.43. The fraction of sp³-hybridized carbons (Fsp3) is 0.286. The van der Waals surface area contributed by atoms with Crippen LogP contribution in [0.25, 0.3) is 21.1 Å². The van der Waals surface area contributed by atoms with Crippen LogP contribution in [0.15, 0.2) is 35.7 Å². The van der Waals surface area contributed by atoms with Crippen LogP contribution in [-0.4, -0.2) is 37.4 Å². The Morgan fingerprint density at radius 1 is 1.26 bits per heavy atom. The van der Waals surface area contributed by atoms with Crippen molar-refractivity contribution >= 4 is 38.4 Å².